The van der Waals surface area contributed by atoms with Gasteiger partial charge in [-0.05, 0) is 60.2 Å². The summed E-state index contributed by atoms with van der Waals surface area (Å²) in [7, 11) is 0. The van der Waals surface area contributed by atoms with Crippen molar-refractivity contribution >= 4 is 71.7 Å². The summed E-state index contributed by atoms with van der Waals surface area (Å²) in [6, 6.07) is 21.2. The number of halogens is 2. The predicted octanol–water partition coefficient (Wildman–Crippen LogP) is 7.84. The smallest absolute Gasteiger partial charge is 0.228 e. The van der Waals surface area contributed by atoms with Crippen LogP contribution in [0.5, 0.6) is 0 Å². The zero-order chi connectivity index (χ0) is 20.7. The Morgan fingerprint density at radius 2 is 1.63 bits per heavy atom. The molecule has 0 saturated carbocycles. The first-order valence-corrected chi connectivity index (χ1v) is 11.0. The van der Waals surface area contributed by atoms with Crippen molar-refractivity contribution in [2.75, 3.05) is 0 Å². The Bertz CT molecular complexity index is 1430. The van der Waals surface area contributed by atoms with Gasteiger partial charge in [-0.3, -0.25) is 4.79 Å². The molecule has 0 saturated heterocycles. The van der Waals surface area contributed by atoms with Gasteiger partial charge in [0.1, 0.15) is 5.58 Å². The number of rotatable bonds is 4. The maximum Gasteiger partial charge on any atom is 0.228 e. The van der Waals surface area contributed by atoms with Gasteiger partial charge in [0.25, 0.3) is 0 Å². The van der Waals surface area contributed by atoms with E-state index in [9.17, 15) is 4.79 Å². The molecular weight excluding hydrogens is 506 g/mol. The second-order valence-electron chi connectivity index (χ2n) is 6.94. The van der Waals surface area contributed by atoms with Crippen molar-refractivity contribution in [3.05, 3.63) is 104 Å². The molecule has 0 fully saturated rings. The molecule has 2 aromatic heterocycles. The van der Waals surface area contributed by atoms with E-state index in [1.54, 1.807) is 12.1 Å². The number of aromatic nitrogens is 1. The summed E-state index contributed by atoms with van der Waals surface area (Å²) in [4.78, 5) is 16.5. The first-order valence-electron chi connectivity index (χ1n) is 9.37. The Morgan fingerprint density at radius 3 is 2.47 bits per heavy atom. The van der Waals surface area contributed by atoms with Crippen LogP contribution >= 0.6 is 31.9 Å². The number of aromatic amines is 1. The molecule has 0 unspecified atom stereocenters. The lowest BCUT2D eigenvalue weighted by Gasteiger charge is -2.00. The fraction of sp³-hybridized carbons (Fsp3) is 0. The van der Waals surface area contributed by atoms with Crippen molar-refractivity contribution in [2.24, 2.45) is 0 Å². The van der Waals surface area contributed by atoms with E-state index >= 15 is 0 Å². The average molecular weight is 521 g/mol. The van der Waals surface area contributed by atoms with Crippen LogP contribution < -0.4 is 0 Å². The number of carbonyl (C=O) groups excluding carboxylic acids is 1. The molecule has 0 bridgehead atoms. The van der Waals surface area contributed by atoms with Crippen LogP contribution in [0, 0.1) is 0 Å². The molecule has 5 aromatic rings. The number of hydrogen-bond acceptors (Lipinski definition) is 2. The zero-order valence-corrected chi connectivity index (χ0v) is 18.8. The van der Waals surface area contributed by atoms with Crippen molar-refractivity contribution in [1.29, 1.82) is 0 Å². The number of nitrogens with one attached hydrogen (secondary N) is 1. The molecule has 0 atom stereocenters. The van der Waals surface area contributed by atoms with Gasteiger partial charge in [0, 0.05) is 42.6 Å². The predicted molar refractivity (Wildman–Crippen MR) is 129 cm³/mol. The van der Waals surface area contributed by atoms with Gasteiger partial charge < -0.3 is 9.40 Å². The van der Waals surface area contributed by atoms with E-state index in [0.717, 1.165) is 36.4 Å². The molecule has 3 aromatic carbocycles. The third-order valence-corrected chi connectivity index (χ3v) is 6.07. The van der Waals surface area contributed by atoms with Crippen LogP contribution in [-0.2, 0) is 0 Å². The van der Waals surface area contributed by atoms with Crippen molar-refractivity contribution in [1.82, 2.24) is 4.98 Å². The lowest BCUT2D eigenvalue weighted by molar-refractivity contribution is 0.101. The molecule has 5 rings (SSSR count). The fourth-order valence-corrected chi connectivity index (χ4v) is 4.19. The van der Waals surface area contributed by atoms with Crippen molar-refractivity contribution in [3.8, 4) is 0 Å². The van der Waals surface area contributed by atoms with Gasteiger partial charge in [-0.25, -0.2) is 0 Å². The molecule has 1 N–H and O–H groups in total. The number of fused-ring (bicyclic) bond motifs is 2. The first-order chi connectivity index (χ1) is 14.6. The number of para-hydroxylation sites is 1. The van der Waals surface area contributed by atoms with E-state index in [1.807, 2.05) is 66.9 Å². The van der Waals surface area contributed by atoms with E-state index in [1.165, 1.54) is 0 Å². The molecule has 30 heavy (non-hydrogen) atoms. The van der Waals surface area contributed by atoms with Crippen LogP contribution in [0.15, 0.2) is 86.3 Å². The Hall–Kier alpha value is -2.89. The van der Waals surface area contributed by atoms with Crippen molar-refractivity contribution < 1.29 is 9.21 Å². The summed E-state index contributed by atoms with van der Waals surface area (Å²) in [5.74, 6) is 0.190. The molecule has 0 aliphatic rings. The van der Waals surface area contributed by atoms with Crippen LogP contribution in [0.25, 0.3) is 34.0 Å². The average Bonchev–Trinajstić information content (AvgIpc) is 3.33. The molecule has 146 valence electrons. The molecule has 0 spiro atoms. The Morgan fingerprint density at radius 1 is 0.867 bits per heavy atom. The quantitative estimate of drug-likeness (QED) is 0.245. The van der Waals surface area contributed by atoms with E-state index in [-0.39, 0.29) is 5.78 Å². The van der Waals surface area contributed by atoms with Gasteiger partial charge in [-0.2, -0.15) is 0 Å². The Kier molecular flexibility index (Phi) is 4.93. The van der Waals surface area contributed by atoms with Crippen LogP contribution in [0.4, 0.5) is 0 Å². The Labute approximate surface area is 189 Å². The lowest BCUT2D eigenvalue weighted by atomic mass is 10.0. The molecule has 5 heteroatoms. The fourth-order valence-electron chi connectivity index (χ4n) is 3.56. The maximum absolute atomic E-state index is 13.2. The molecule has 0 radical (unpaired) electrons. The number of furan rings is 1. The first kappa shape index (κ1) is 19.1. The van der Waals surface area contributed by atoms with E-state index < -0.39 is 0 Å². The highest BCUT2D eigenvalue weighted by atomic mass is 79.9. The molecule has 3 nitrogen and oxygen atoms in total. The lowest BCUT2D eigenvalue weighted by Crippen LogP contribution is -2.01. The number of carbonyl (C=O) groups is 1. The van der Waals surface area contributed by atoms with Gasteiger partial charge >= 0.3 is 0 Å². The number of hydrogen-bond donors (Lipinski definition) is 1. The monoisotopic (exact) mass is 519 g/mol. The normalized spacial score (nSPS) is 11.7. The van der Waals surface area contributed by atoms with Gasteiger partial charge in [0.2, 0.25) is 5.78 Å². The topological polar surface area (TPSA) is 46.0 Å². The third kappa shape index (κ3) is 3.44. The second kappa shape index (κ2) is 7.74. The van der Waals surface area contributed by atoms with Gasteiger partial charge in [-0.15, -0.1) is 0 Å². The minimum Gasteiger partial charge on any atom is -0.452 e. The maximum atomic E-state index is 13.2. The summed E-state index contributed by atoms with van der Waals surface area (Å²) in [5, 5.41) is 2.02. The summed E-state index contributed by atoms with van der Waals surface area (Å²) < 4.78 is 7.87. The molecule has 0 aliphatic carbocycles. The minimum absolute atomic E-state index is 0.145. The molecule has 0 amide bonds. The third-order valence-electron chi connectivity index (χ3n) is 5.05. The SMILES string of the molecule is O=C(c1ccc(Br)cc1)c1oc2ccc(Br)cc2c1/C=C/c1c[nH]c2ccccc12. The Balaban J connectivity index is 1.65. The number of benzene rings is 3. The highest BCUT2D eigenvalue weighted by molar-refractivity contribution is 9.10. The van der Waals surface area contributed by atoms with Gasteiger partial charge in [0.05, 0.1) is 0 Å². The zero-order valence-electron chi connectivity index (χ0n) is 15.7. The van der Waals surface area contributed by atoms with Gasteiger partial charge in [0.15, 0.2) is 5.76 Å². The highest BCUT2D eigenvalue weighted by Crippen LogP contribution is 2.32. The van der Waals surface area contributed by atoms with E-state index in [0.29, 0.717) is 16.9 Å². The highest BCUT2D eigenvalue weighted by Gasteiger charge is 2.21. The molecule has 0 aliphatic heterocycles. The summed E-state index contributed by atoms with van der Waals surface area (Å²) in [6.45, 7) is 0. The summed E-state index contributed by atoms with van der Waals surface area (Å²) in [6.07, 6.45) is 5.94. The largest absolute Gasteiger partial charge is 0.452 e. The summed E-state index contributed by atoms with van der Waals surface area (Å²) in [5.41, 5.74) is 4.15. The standard InChI is InChI=1S/C25H15Br2NO2/c26-17-8-5-15(6-9-17)24(29)25-20(21-13-18(27)10-12-23(21)30-25)11-7-16-14-28-22-4-2-1-3-19(16)22/h1-14,28H/b11-7+. The van der Waals surface area contributed by atoms with Crippen LogP contribution in [-0.4, -0.2) is 10.8 Å². The minimum atomic E-state index is -0.145. The van der Waals surface area contributed by atoms with Crippen LogP contribution in [0.3, 0.4) is 0 Å². The van der Waals surface area contributed by atoms with Crippen molar-refractivity contribution in [2.45, 2.75) is 0 Å². The van der Waals surface area contributed by atoms with E-state index in [2.05, 4.69) is 42.9 Å². The molecule has 2 heterocycles. The van der Waals surface area contributed by atoms with Crippen LogP contribution in [0.2, 0.25) is 0 Å². The number of H-pyrrole nitrogens is 1. The summed E-state index contributed by atoms with van der Waals surface area (Å²) >= 11 is 6.94. The number of ketones is 1. The molecular formula is C25H15Br2NO2. The van der Waals surface area contributed by atoms with Crippen molar-refractivity contribution in [3.63, 3.8) is 0 Å². The van der Waals surface area contributed by atoms with Gasteiger partial charge in [-0.1, -0.05) is 56.1 Å². The van der Waals surface area contributed by atoms with Crippen LogP contribution in [0.1, 0.15) is 27.2 Å². The second-order valence-corrected chi connectivity index (χ2v) is 8.78. The van der Waals surface area contributed by atoms with E-state index in [4.69, 9.17) is 4.42 Å².